The van der Waals surface area contributed by atoms with Crippen LogP contribution in [0.5, 0.6) is 0 Å². The summed E-state index contributed by atoms with van der Waals surface area (Å²) in [6.07, 6.45) is 1.60. The maximum absolute atomic E-state index is 12.6. The summed E-state index contributed by atoms with van der Waals surface area (Å²) in [4.78, 5) is 43.6. The Hall–Kier alpha value is -3.48. The number of amides is 2. The average molecular weight is 406 g/mol. The second-order valence-corrected chi connectivity index (χ2v) is 7.07. The number of carbonyl (C=O) groups excluding carboxylic acids is 2. The van der Waals surface area contributed by atoms with E-state index in [2.05, 4.69) is 10.3 Å². The molecule has 0 atom stereocenters. The van der Waals surface area contributed by atoms with Gasteiger partial charge >= 0.3 is 0 Å². The van der Waals surface area contributed by atoms with Crippen LogP contribution in [0.3, 0.4) is 0 Å². The number of fused-ring (bicyclic) bond motifs is 1. The molecule has 0 saturated carbocycles. The van der Waals surface area contributed by atoms with Crippen LogP contribution in [0.25, 0.3) is 10.9 Å². The van der Waals surface area contributed by atoms with Gasteiger partial charge in [0.15, 0.2) is 0 Å². The summed E-state index contributed by atoms with van der Waals surface area (Å²) in [5, 5.41) is 3.34. The van der Waals surface area contributed by atoms with Crippen LogP contribution in [-0.2, 0) is 11.3 Å². The third kappa shape index (κ3) is 4.56. The van der Waals surface area contributed by atoms with E-state index in [-0.39, 0.29) is 30.3 Å². The van der Waals surface area contributed by atoms with Crippen molar-refractivity contribution in [3.8, 4) is 0 Å². The number of anilines is 1. The number of rotatable bonds is 7. The summed E-state index contributed by atoms with van der Waals surface area (Å²) in [5.74, 6) is -0.307. The Morgan fingerprint density at radius 2 is 1.83 bits per heavy atom. The molecule has 30 heavy (non-hydrogen) atoms. The van der Waals surface area contributed by atoms with Gasteiger partial charge in [0.2, 0.25) is 5.91 Å². The third-order valence-electron chi connectivity index (χ3n) is 5.08. The molecule has 1 N–H and O–H groups in total. The van der Waals surface area contributed by atoms with Crippen LogP contribution >= 0.6 is 0 Å². The minimum Gasteiger partial charge on any atom is -0.339 e. The Bertz CT molecular complexity index is 1130. The van der Waals surface area contributed by atoms with Crippen molar-refractivity contribution < 1.29 is 9.59 Å². The molecule has 0 aliphatic carbocycles. The molecule has 7 nitrogen and oxygen atoms in total. The van der Waals surface area contributed by atoms with Crippen LogP contribution in [0.15, 0.2) is 53.6 Å². The lowest BCUT2D eigenvalue weighted by molar-refractivity contribution is -0.116. The fourth-order valence-electron chi connectivity index (χ4n) is 3.37. The lowest BCUT2D eigenvalue weighted by Crippen LogP contribution is -2.30. The van der Waals surface area contributed by atoms with Gasteiger partial charge in [0.25, 0.3) is 11.5 Å². The first-order valence-electron chi connectivity index (χ1n) is 10.1. The first kappa shape index (κ1) is 21.2. The van der Waals surface area contributed by atoms with E-state index in [9.17, 15) is 14.4 Å². The lowest BCUT2D eigenvalue weighted by Gasteiger charge is -2.19. The first-order chi connectivity index (χ1) is 14.4. The smallest absolute Gasteiger partial charge is 0.261 e. The van der Waals surface area contributed by atoms with Gasteiger partial charge in [-0.15, -0.1) is 0 Å². The molecule has 3 rings (SSSR count). The average Bonchev–Trinajstić information content (AvgIpc) is 2.75. The van der Waals surface area contributed by atoms with E-state index >= 15 is 0 Å². The highest BCUT2D eigenvalue weighted by molar-refractivity contribution is 5.97. The maximum atomic E-state index is 12.6. The van der Waals surface area contributed by atoms with Crippen molar-refractivity contribution >= 4 is 28.4 Å². The molecular formula is C23H26N4O3. The highest BCUT2D eigenvalue weighted by Crippen LogP contribution is 2.14. The molecule has 156 valence electrons. The molecule has 0 fully saturated rings. The van der Waals surface area contributed by atoms with E-state index in [4.69, 9.17) is 0 Å². The van der Waals surface area contributed by atoms with Gasteiger partial charge < -0.3 is 10.2 Å². The van der Waals surface area contributed by atoms with Crippen molar-refractivity contribution in [3.63, 3.8) is 0 Å². The predicted molar refractivity (Wildman–Crippen MR) is 118 cm³/mol. The fraction of sp³-hybridized carbons (Fsp3) is 0.304. The van der Waals surface area contributed by atoms with Gasteiger partial charge in [0, 0.05) is 37.3 Å². The molecular weight excluding hydrogens is 380 g/mol. The zero-order chi connectivity index (χ0) is 21.7. The van der Waals surface area contributed by atoms with Crippen LogP contribution in [0, 0.1) is 6.92 Å². The lowest BCUT2D eigenvalue weighted by atomic mass is 10.1. The Morgan fingerprint density at radius 1 is 1.10 bits per heavy atom. The molecule has 2 aromatic carbocycles. The van der Waals surface area contributed by atoms with Crippen LogP contribution in [0.2, 0.25) is 0 Å². The number of aromatic nitrogens is 2. The number of nitrogens with zero attached hydrogens (tertiary/aromatic N) is 3. The number of para-hydroxylation sites is 1. The molecule has 0 saturated heterocycles. The van der Waals surface area contributed by atoms with Crippen molar-refractivity contribution in [1.82, 2.24) is 14.5 Å². The van der Waals surface area contributed by atoms with Crippen LogP contribution < -0.4 is 10.9 Å². The fourth-order valence-corrected chi connectivity index (χ4v) is 3.37. The SMILES string of the molecule is CCN(CC)C(=O)c1cccc(NC(=O)CCn2cnc3c(C)cccc3c2=O)c1. The molecule has 2 amide bonds. The largest absolute Gasteiger partial charge is 0.339 e. The van der Waals surface area contributed by atoms with Crippen LogP contribution in [0.1, 0.15) is 36.2 Å². The normalized spacial score (nSPS) is 10.8. The minimum absolute atomic E-state index is 0.0693. The molecule has 1 heterocycles. The number of hydrogen-bond donors (Lipinski definition) is 1. The molecule has 7 heteroatoms. The van der Waals surface area contributed by atoms with Gasteiger partial charge in [-0.25, -0.2) is 4.98 Å². The van der Waals surface area contributed by atoms with Crippen molar-refractivity contribution in [3.05, 3.63) is 70.3 Å². The van der Waals surface area contributed by atoms with Gasteiger partial charge in [0.05, 0.1) is 17.2 Å². The molecule has 0 unspecified atom stereocenters. The highest BCUT2D eigenvalue weighted by atomic mass is 16.2. The summed E-state index contributed by atoms with van der Waals surface area (Å²) < 4.78 is 1.45. The summed E-state index contributed by atoms with van der Waals surface area (Å²) in [6.45, 7) is 7.24. The van der Waals surface area contributed by atoms with E-state index in [1.54, 1.807) is 35.2 Å². The van der Waals surface area contributed by atoms with E-state index < -0.39 is 0 Å². The molecule has 0 radical (unpaired) electrons. The second kappa shape index (κ2) is 9.35. The van der Waals surface area contributed by atoms with E-state index in [1.807, 2.05) is 32.9 Å². The van der Waals surface area contributed by atoms with Crippen molar-refractivity contribution in [1.29, 1.82) is 0 Å². The van der Waals surface area contributed by atoms with E-state index in [1.165, 1.54) is 10.9 Å². The Labute approximate surface area is 175 Å². The van der Waals surface area contributed by atoms with Gasteiger partial charge in [-0.2, -0.15) is 0 Å². The predicted octanol–water partition coefficient (Wildman–Crippen LogP) is 3.22. The van der Waals surface area contributed by atoms with E-state index in [0.717, 1.165) is 5.56 Å². The minimum atomic E-state index is -0.237. The third-order valence-corrected chi connectivity index (χ3v) is 5.08. The Balaban J connectivity index is 1.68. The molecule has 0 spiro atoms. The number of nitrogens with one attached hydrogen (secondary N) is 1. The molecule has 3 aromatic rings. The van der Waals surface area contributed by atoms with Crippen LogP contribution in [0.4, 0.5) is 5.69 Å². The summed E-state index contributed by atoms with van der Waals surface area (Å²) in [7, 11) is 0. The van der Waals surface area contributed by atoms with Crippen LogP contribution in [-0.4, -0.2) is 39.4 Å². The Morgan fingerprint density at radius 3 is 2.57 bits per heavy atom. The van der Waals surface area contributed by atoms with Gasteiger partial charge in [-0.3, -0.25) is 19.0 Å². The molecule has 0 aliphatic rings. The van der Waals surface area contributed by atoms with Gasteiger partial charge in [-0.05, 0) is 50.6 Å². The van der Waals surface area contributed by atoms with Crippen molar-refractivity contribution in [2.45, 2.75) is 33.7 Å². The number of carbonyl (C=O) groups is 2. The molecule has 1 aromatic heterocycles. The zero-order valence-corrected chi connectivity index (χ0v) is 17.5. The van der Waals surface area contributed by atoms with E-state index in [0.29, 0.717) is 35.2 Å². The molecule has 0 bridgehead atoms. The second-order valence-electron chi connectivity index (χ2n) is 7.07. The first-order valence-corrected chi connectivity index (χ1v) is 10.1. The number of aryl methyl sites for hydroxylation is 2. The number of benzene rings is 2. The standard InChI is InChI=1S/C23H26N4O3/c1-4-26(5-2)22(29)17-9-7-10-18(14-17)25-20(28)12-13-27-15-24-21-16(3)8-6-11-19(21)23(27)30/h6-11,14-15H,4-5,12-13H2,1-3H3,(H,25,28). The topological polar surface area (TPSA) is 84.3 Å². The quantitative estimate of drug-likeness (QED) is 0.653. The number of hydrogen-bond acceptors (Lipinski definition) is 4. The van der Waals surface area contributed by atoms with Crippen molar-refractivity contribution in [2.75, 3.05) is 18.4 Å². The van der Waals surface area contributed by atoms with Gasteiger partial charge in [-0.1, -0.05) is 18.2 Å². The monoisotopic (exact) mass is 406 g/mol. The summed E-state index contributed by atoms with van der Waals surface area (Å²) in [6, 6.07) is 12.4. The Kier molecular flexibility index (Phi) is 6.61. The molecule has 0 aliphatic heterocycles. The summed E-state index contributed by atoms with van der Waals surface area (Å²) >= 11 is 0. The maximum Gasteiger partial charge on any atom is 0.261 e. The van der Waals surface area contributed by atoms with Crippen molar-refractivity contribution in [2.24, 2.45) is 0 Å². The van der Waals surface area contributed by atoms with Gasteiger partial charge in [0.1, 0.15) is 0 Å². The highest BCUT2D eigenvalue weighted by Gasteiger charge is 2.13. The summed E-state index contributed by atoms with van der Waals surface area (Å²) in [5.41, 5.74) is 2.54. The zero-order valence-electron chi connectivity index (χ0n) is 17.5.